The molecule has 1 fully saturated rings. The molecule has 0 aromatic heterocycles. The van der Waals surface area contributed by atoms with Gasteiger partial charge in [0.25, 0.3) is 11.8 Å². The van der Waals surface area contributed by atoms with Crippen molar-refractivity contribution in [3.8, 4) is 0 Å². The maximum absolute atomic E-state index is 12.9. The Kier molecular flexibility index (Phi) is 5.59. The van der Waals surface area contributed by atoms with Crippen molar-refractivity contribution >= 4 is 23.4 Å². The molecule has 2 aliphatic heterocycles. The summed E-state index contributed by atoms with van der Waals surface area (Å²) in [5.41, 5.74) is 7.92. The minimum atomic E-state index is -0.567. The van der Waals surface area contributed by atoms with E-state index in [9.17, 15) is 14.4 Å². The molecule has 2 aliphatic rings. The molecule has 140 valence electrons. The minimum Gasteiger partial charge on any atom is -0.398 e. The standard InChI is InChI=1S/C20H27N3O3/c1-2-3-4-5-6-12-22-18(24)11-10-17(20(22)26)23-13-15-14(19(23)25)8-7-9-16(15)21/h7-9,17H,2-6,10-13,21H2,1H3. The second-order valence-corrected chi connectivity index (χ2v) is 7.16. The third kappa shape index (κ3) is 3.45. The Bertz CT molecular complexity index is 716. The fraction of sp³-hybridized carbons (Fsp3) is 0.550. The third-order valence-electron chi connectivity index (χ3n) is 5.38. The molecule has 1 unspecified atom stereocenters. The summed E-state index contributed by atoms with van der Waals surface area (Å²) in [5, 5.41) is 0. The number of hydrogen-bond acceptors (Lipinski definition) is 4. The zero-order chi connectivity index (χ0) is 18.7. The fourth-order valence-electron chi connectivity index (χ4n) is 3.85. The average molecular weight is 357 g/mol. The summed E-state index contributed by atoms with van der Waals surface area (Å²) in [7, 11) is 0. The van der Waals surface area contributed by atoms with Gasteiger partial charge in [0.2, 0.25) is 5.91 Å². The van der Waals surface area contributed by atoms with Gasteiger partial charge >= 0.3 is 0 Å². The topological polar surface area (TPSA) is 83.7 Å². The number of carbonyl (C=O) groups is 3. The van der Waals surface area contributed by atoms with Crippen molar-refractivity contribution in [3.05, 3.63) is 29.3 Å². The van der Waals surface area contributed by atoms with Gasteiger partial charge in [-0.2, -0.15) is 0 Å². The van der Waals surface area contributed by atoms with Gasteiger partial charge in [-0.3, -0.25) is 19.3 Å². The molecule has 26 heavy (non-hydrogen) atoms. The molecule has 0 spiro atoms. The van der Waals surface area contributed by atoms with Crippen molar-refractivity contribution in [1.29, 1.82) is 0 Å². The van der Waals surface area contributed by atoms with Gasteiger partial charge in [-0.05, 0) is 25.0 Å². The molecule has 1 aromatic carbocycles. The van der Waals surface area contributed by atoms with Crippen LogP contribution in [0.2, 0.25) is 0 Å². The van der Waals surface area contributed by atoms with E-state index in [1.54, 1.807) is 23.1 Å². The lowest BCUT2D eigenvalue weighted by atomic mass is 10.0. The predicted octanol–water partition coefficient (Wildman–Crippen LogP) is 2.71. The first-order chi connectivity index (χ1) is 12.5. The summed E-state index contributed by atoms with van der Waals surface area (Å²) in [5.74, 6) is -0.523. The number of fused-ring (bicyclic) bond motifs is 1. The number of anilines is 1. The highest BCUT2D eigenvalue weighted by Crippen LogP contribution is 2.32. The maximum atomic E-state index is 12.9. The van der Waals surface area contributed by atoms with E-state index in [0.717, 1.165) is 31.2 Å². The number of piperidine rings is 1. The van der Waals surface area contributed by atoms with E-state index < -0.39 is 6.04 Å². The van der Waals surface area contributed by atoms with Crippen molar-refractivity contribution in [2.24, 2.45) is 0 Å². The number of hydrogen-bond donors (Lipinski definition) is 1. The first-order valence-corrected chi connectivity index (χ1v) is 9.57. The maximum Gasteiger partial charge on any atom is 0.255 e. The number of imide groups is 1. The molecule has 2 N–H and O–H groups in total. The number of likely N-dealkylation sites (tertiary alicyclic amines) is 1. The number of carbonyl (C=O) groups excluding carboxylic acids is 3. The van der Waals surface area contributed by atoms with Crippen LogP contribution in [0.5, 0.6) is 0 Å². The predicted molar refractivity (Wildman–Crippen MR) is 99.2 cm³/mol. The highest BCUT2D eigenvalue weighted by atomic mass is 16.2. The molecular formula is C20H27N3O3. The van der Waals surface area contributed by atoms with Gasteiger partial charge in [0, 0.05) is 36.3 Å². The molecule has 0 bridgehead atoms. The summed E-state index contributed by atoms with van der Waals surface area (Å²) < 4.78 is 0. The van der Waals surface area contributed by atoms with Crippen LogP contribution in [0, 0.1) is 0 Å². The Morgan fingerprint density at radius 3 is 2.62 bits per heavy atom. The second kappa shape index (κ2) is 7.89. The van der Waals surface area contributed by atoms with Gasteiger partial charge in [0.15, 0.2) is 0 Å². The van der Waals surface area contributed by atoms with Crippen molar-refractivity contribution in [1.82, 2.24) is 9.80 Å². The third-order valence-corrected chi connectivity index (χ3v) is 5.38. The quantitative estimate of drug-likeness (QED) is 0.462. The Morgan fingerprint density at radius 2 is 1.88 bits per heavy atom. The normalized spacial score (nSPS) is 20.0. The number of amides is 3. The summed E-state index contributed by atoms with van der Waals surface area (Å²) >= 11 is 0. The van der Waals surface area contributed by atoms with E-state index in [2.05, 4.69) is 6.92 Å². The molecule has 1 saturated heterocycles. The van der Waals surface area contributed by atoms with Crippen molar-refractivity contribution < 1.29 is 14.4 Å². The molecule has 6 nitrogen and oxygen atoms in total. The van der Waals surface area contributed by atoms with Crippen LogP contribution in [-0.2, 0) is 16.1 Å². The van der Waals surface area contributed by atoms with Crippen LogP contribution in [0.3, 0.4) is 0 Å². The van der Waals surface area contributed by atoms with Crippen LogP contribution in [0.25, 0.3) is 0 Å². The lowest BCUT2D eigenvalue weighted by Crippen LogP contribution is -2.54. The van der Waals surface area contributed by atoms with E-state index in [-0.39, 0.29) is 17.7 Å². The molecule has 3 amide bonds. The molecular weight excluding hydrogens is 330 g/mol. The van der Waals surface area contributed by atoms with Crippen LogP contribution in [0.1, 0.15) is 67.8 Å². The van der Waals surface area contributed by atoms with Gasteiger partial charge in [-0.1, -0.05) is 38.7 Å². The number of nitrogens with two attached hydrogens (primary N) is 1. The summed E-state index contributed by atoms with van der Waals surface area (Å²) in [4.78, 5) is 40.8. The van der Waals surface area contributed by atoms with Gasteiger partial charge in [0.05, 0.1) is 0 Å². The molecule has 0 aliphatic carbocycles. The summed E-state index contributed by atoms with van der Waals surface area (Å²) in [6, 6.07) is 4.70. The van der Waals surface area contributed by atoms with E-state index in [0.29, 0.717) is 37.2 Å². The molecule has 2 heterocycles. The molecule has 3 rings (SSSR count). The van der Waals surface area contributed by atoms with Crippen LogP contribution in [0.15, 0.2) is 18.2 Å². The second-order valence-electron chi connectivity index (χ2n) is 7.16. The largest absolute Gasteiger partial charge is 0.398 e. The van der Waals surface area contributed by atoms with E-state index in [4.69, 9.17) is 5.73 Å². The molecule has 0 saturated carbocycles. The van der Waals surface area contributed by atoms with Crippen LogP contribution in [-0.4, -0.2) is 40.1 Å². The number of nitrogens with zero attached hydrogens (tertiary/aromatic N) is 2. The molecule has 0 radical (unpaired) electrons. The zero-order valence-electron chi connectivity index (χ0n) is 15.4. The van der Waals surface area contributed by atoms with Gasteiger partial charge in [-0.25, -0.2) is 0 Å². The van der Waals surface area contributed by atoms with E-state index in [1.165, 1.54) is 11.3 Å². The number of rotatable bonds is 7. The first kappa shape index (κ1) is 18.4. The highest BCUT2D eigenvalue weighted by molar-refractivity contribution is 6.06. The highest BCUT2D eigenvalue weighted by Gasteiger charge is 2.42. The van der Waals surface area contributed by atoms with Crippen molar-refractivity contribution in [2.45, 2.75) is 64.5 Å². The molecule has 1 aromatic rings. The Morgan fingerprint density at radius 1 is 1.12 bits per heavy atom. The van der Waals surface area contributed by atoms with Crippen LogP contribution in [0.4, 0.5) is 5.69 Å². The lowest BCUT2D eigenvalue weighted by Gasteiger charge is -2.35. The van der Waals surface area contributed by atoms with Crippen molar-refractivity contribution in [2.75, 3.05) is 12.3 Å². The van der Waals surface area contributed by atoms with Crippen LogP contribution < -0.4 is 5.73 Å². The smallest absolute Gasteiger partial charge is 0.255 e. The van der Waals surface area contributed by atoms with Crippen LogP contribution >= 0.6 is 0 Å². The van der Waals surface area contributed by atoms with Gasteiger partial charge in [0.1, 0.15) is 6.04 Å². The SMILES string of the molecule is CCCCCCCN1C(=O)CCC(N2Cc3c(N)cccc3C2=O)C1=O. The first-order valence-electron chi connectivity index (χ1n) is 9.57. The Balaban J connectivity index is 1.67. The van der Waals surface area contributed by atoms with E-state index >= 15 is 0 Å². The van der Waals surface area contributed by atoms with Gasteiger partial charge < -0.3 is 10.6 Å². The summed E-state index contributed by atoms with van der Waals surface area (Å²) in [6.07, 6.45) is 5.99. The summed E-state index contributed by atoms with van der Waals surface area (Å²) in [6.45, 7) is 2.95. The van der Waals surface area contributed by atoms with Crippen molar-refractivity contribution in [3.63, 3.8) is 0 Å². The van der Waals surface area contributed by atoms with Gasteiger partial charge in [-0.15, -0.1) is 0 Å². The molecule has 1 atom stereocenters. The average Bonchev–Trinajstić information content (AvgIpc) is 2.96. The lowest BCUT2D eigenvalue weighted by molar-refractivity contribution is -0.152. The fourth-order valence-corrected chi connectivity index (χ4v) is 3.85. The number of unbranched alkanes of at least 4 members (excludes halogenated alkanes) is 4. The molecule has 6 heteroatoms. The number of benzene rings is 1. The minimum absolute atomic E-state index is 0.120. The monoisotopic (exact) mass is 357 g/mol. The number of nitrogen functional groups attached to an aromatic ring is 1. The Labute approximate surface area is 154 Å². The zero-order valence-corrected chi connectivity index (χ0v) is 15.4. The van der Waals surface area contributed by atoms with E-state index in [1.807, 2.05) is 0 Å². The Hall–Kier alpha value is -2.37.